The van der Waals surface area contributed by atoms with Gasteiger partial charge in [0.25, 0.3) is 0 Å². The van der Waals surface area contributed by atoms with Gasteiger partial charge in [0.05, 0.1) is 12.3 Å². The van der Waals surface area contributed by atoms with Crippen molar-refractivity contribution < 1.29 is 14.3 Å². The maximum absolute atomic E-state index is 12.3. The van der Waals surface area contributed by atoms with E-state index in [1.54, 1.807) is 14.2 Å². The predicted molar refractivity (Wildman–Crippen MR) is 133 cm³/mol. The quantitative estimate of drug-likeness (QED) is 0.513. The molecule has 1 saturated heterocycles. The second kappa shape index (κ2) is 11.2. The number of aromatic nitrogens is 2. The minimum absolute atomic E-state index is 0.0229. The third-order valence-corrected chi connectivity index (χ3v) is 6.09. The van der Waals surface area contributed by atoms with Crippen molar-refractivity contribution in [3.8, 4) is 11.4 Å². The maximum atomic E-state index is 12.3. The SMILES string of the molecule is COCC(=O)N1CCN(c2nc(-c3ccccc3)nc(COC)c2Cc2ccc(C)cc2)CC1. The Bertz CT molecular complexity index is 1090. The van der Waals surface area contributed by atoms with Gasteiger partial charge in [0.1, 0.15) is 12.4 Å². The number of anilines is 1. The molecular weight excluding hydrogens is 428 g/mol. The lowest BCUT2D eigenvalue weighted by Crippen LogP contribution is -2.50. The number of aryl methyl sites for hydroxylation is 1. The number of amides is 1. The molecule has 0 unspecified atom stereocenters. The molecule has 1 amide bonds. The van der Waals surface area contributed by atoms with Crippen LogP contribution < -0.4 is 4.90 Å². The van der Waals surface area contributed by atoms with E-state index in [-0.39, 0.29) is 12.5 Å². The Morgan fingerprint density at radius 2 is 1.62 bits per heavy atom. The number of piperazine rings is 1. The van der Waals surface area contributed by atoms with E-state index >= 15 is 0 Å². The number of carbonyl (C=O) groups is 1. The van der Waals surface area contributed by atoms with Crippen LogP contribution in [0.5, 0.6) is 0 Å². The minimum atomic E-state index is 0.0229. The fourth-order valence-electron chi connectivity index (χ4n) is 4.22. The van der Waals surface area contributed by atoms with Gasteiger partial charge in [-0.15, -0.1) is 0 Å². The Morgan fingerprint density at radius 3 is 2.26 bits per heavy atom. The van der Waals surface area contributed by atoms with Crippen LogP contribution in [0.3, 0.4) is 0 Å². The number of methoxy groups -OCH3 is 2. The zero-order valence-corrected chi connectivity index (χ0v) is 20.2. The van der Waals surface area contributed by atoms with E-state index in [9.17, 15) is 4.79 Å². The molecule has 1 aromatic heterocycles. The maximum Gasteiger partial charge on any atom is 0.248 e. The number of carbonyl (C=O) groups excluding carboxylic acids is 1. The summed E-state index contributed by atoms with van der Waals surface area (Å²) in [4.78, 5) is 26.4. The summed E-state index contributed by atoms with van der Waals surface area (Å²) in [7, 11) is 3.24. The van der Waals surface area contributed by atoms with Gasteiger partial charge in [-0.05, 0) is 12.5 Å². The van der Waals surface area contributed by atoms with Crippen LogP contribution in [0.4, 0.5) is 5.82 Å². The fraction of sp³-hybridized carbons (Fsp3) is 0.370. The summed E-state index contributed by atoms with van der Waals surface area (Å²) in [6, 6.07) is 18.6. The van der Waals surface area contributed by atoms with E-state index in [4.69, 9.17) is 19.4 Å². The largest absolute Gasteiger partial charge is 0.378 e. The molecule has 178 valence electrons. The summed E-state index contributed by atoms with van der Waals surface area (Å²) < 4.78 is 10.6. The molecule has 1 aliphatic heterocycles. The first-order valence-corrected chi connectivity index (χ1v) is 11.6. The highest BCUT2D eigenvalue weighted by Crippen LogP contribution is 2.29. The summed E-state index contributed by atoms with van der Waals surface area (Å²) >= 11 is 0. The molecule has 0 spiro atoms. The standard InChI is InChI=1S/C27H32N4O3/c1-20-9-11-21(12-10-20)17-23-24(18-33-2)28-26(22-7-5-4-6-8-22)29-27(23)31-15-13-30(14-16-31)25(32)19-34-3/h4-12H,13-19H2,1-3H3. The van der Waals surface area contributed by atoms with Crippen molar-refractivity contribution in [2.45, 2.75) is 20.0 Å². The summed E-state index contributed by atoms with van der Waals surface area (Å²) in [5.74, 6) is 1.63. The van der Waals surface area contributed by atoms with E-state index < -0.39 is 0 Å². The smallest absolute Gasteiger partial charge is 0.248 e. The Labute approximate surface area is 201 Å². The zero-order valence-electron chi connectivity index (χ0n) is 20.2. The molecule has 34 heavy (non-hydrogen) atoms. The highest BCUT2D eigenvalue weighted by Gasteiger charge is 2.26. The molecule has 0 atom stereocenters. The Balaban J connectivity index is 1.72. The highest BCUT2D eigenvalue weighted by atomic mass is 16.5. The second-order valence-electron chi connectivity index (χ2n) is 8.56. The first-order chi connectivity index (χ1) is 16.6. The second-order valence-corrected chi connectivity index (χ2v) is 8.56. The van der Waals surface area contributed by atoms with Gasteiger partial charge in [-0.25, -0.2) is 9.97 Å². The molecule has 0 aliphatic carbocycles. The Kier molecular flexibility index (Phi) is 7.87. The van der Waals surface area contributed by atoms with E-state index in [0.29, 0.717) is 45.0 Å². The van der Waals surface area contributed by atoms with Crippen LogP contribution in [-0.2, 0) is 27.3 Å². The van der Waals surface area contributed by atoms with E-state index in [0.717, 1.165) is 22.6 Å². The molecule has 1 fully saturated rings. The van der Waals surface area contributed by atoms with Crippen LogP contribution in [0.15, 0.2) is 54.6 Å². The van der Waals surface area contributed by atoms with Gasteiger partial charge in [-0.2, -0.15) is 0 Å². The van der Waals surface area contributed by atoms with Crippen LogP contribution in [-0.4, -0.2) is 67.8 Å². The average Bonchev–Trinajstić information content (AvgIpc) is 2.87. The number of benzene rings is 2. The normalized spacial score (nSPS) is 13.9. The number of hydrogen-bond acceptors (Lipinski definition) is 6. The van der Waals surface area contributed by atoms with Gasteiger partial charge in [0.15, 0.2) is 5.82 Å². The molecule has 4 rings (SSSR count). The summed E-state index contributed by atoms with van der Waals surface area (Å²) in [6.45, 7) is 5.29. The zero-order chi connectivity index (χ0) is 23.9. The molecule has 0 radical (unpaired) electrons. The minimum Gasteiger partial charge on any atom is -0.378 e. The molecule has 2 heterocycles. The van der Waals surface area contributed by atoms with Crippen molar-refractivity contribution in [2.75, 3.05) is 51.9 Å². The van der Waals surface area contributed by atoms with Crippen LogP contribution in [0, 0.1) is 6.92 Å². The molecule has 3 aromatic rings. The Morgan fingerprint density at radius 1 is 0.912 bits per heavy atom. The Hall–Kier alpha value is -3.29. The van der Waals surface area contributed by atoms with Crippen molar-refractivity contribution in [3.63, 3.8) is 0 Å². The third-order valence-electron chi connectivity index (χ3n) is 6.09. The lowest BCUT2D eigenvalue weighted by atomic mass is 10.0. The van der Waals surface area contributed by atoms with Crippen molar-refractivity contribution >= 4 is 11.7 Å². The third kappa shape index (κ3) is 5.61. The summed E-state index contributed by atoms with van der Waals surface area (Å²) in [6.07, 6.45) is 0.714. The van der Waals surface area contributed by atoms with Crippen LogP contribution >= 0.6 is 0 Å². The molecule has 2 aromatic carbocycles. The first-order valence-electron chi connectivity index (χ1n) is 11.6. The number of rotatable bonds is 8. The van der Waals surface area contributed by atoms with Crippen LogP contribution in [0.1, 0.15) is 22.4 Å². The average molecular weight is 461 g/mol. The van der Waals surface area contributed by atoms with Gasteiger partial charge in [-0.3, -0.25) is 4.79 Å². The lowest BCUT2D eigenvalue weighted by Gasteiger charge is -2.36. The van der Waals surface area contributed by atoms with Crippen LogP contribution in [0.2, 0.25) is 0 Å². The molecule has 0 saturated carbocycles. The van der Waals surface area contributed by atoms with Crippen molar-refractivity contribution in [1.29, 1.82) is 0 Å². The van der Waals surface area contributed by atoms with Crippen LogP contribution in [0.25, 0.3) is 11.4 Å². The van der Waals surface area contributed by atoms with Gasteiger partial charge in [0, 0.05) is 57.9 Å². The molecule has 0 bridgehead atoms. The van der Waals surface area contributed by atoms with Gasteiger partial charge in [-0.1, -0.05) is 60.2 Å². The monoisotopic (exact) mass is 460 g/mol. The van der Waals surface area contributed by atoms with Crippen molar-refractivity contribution in [1.82, 2.24) is 14.9 Å². The highest BCUT2D eigenvalue weighted by molar-refractivity contribution is 5.77. The summed E-state index contributed by atoms with van der Waals surface area (Å²) in [5, 5.41) is 0. The van der Waals surface area contributed by atoms with E-state index in [1.165, 1.54) is 11.1 Å². The van der Waals surface area contributed by atoms with Gasteiger partial charge >= 0.3 is 0 Å². The molecular formula is C27H32N4O3. The van der Waals surface area contributed by atoms with Crippen molar-refractivity contribution in [3.05, 3.63) is 77.0 Å². The fourth-order valence-corrected chi connectivity index (χ4v) is 4.22. The number of hydrogen-bond donors (Lipinski definition) is 0. The number of ether oxygens (including phenoxy) is 2. The van der Waals surface area contributed by atoms with E-state index in [2.05, 4.69) is 36.1 Å². The molecule has 1 aliphatic rings. The van der Waals surface area contributed by atoms with Gasteiger partial charge < -0.3 is 19.3 Å². The molecule has 0 N–H and O–H groups in total. The molecule has 7 heteroatoms. The van der Waals surface area contributed by atoms with Gasteiger partial charge in [0.2, 0.25) is 5.91 Å². The first kappa shape index (κ1) is 23.9. The molecule has 7 nitrogen and oxygen atoms in total. The topological polar surface area (TPSA) is 67.8 Å². The lowest BCUT2D eigenvalue weighted by molar-refractivity contribution is -0.135. The van der Waals surface area contributed by atoms with E-state index in [1.807, 2.05) is 35.2 Å². The summed E-state index contributed by atoms with van der Waals surface area (Å²) in [5.41, 5.74) is 5.37. The predicted octanol–water partition coefficient (Wildman–Crippen LogP) is 3.48. The van der Waals surface area contributed by atoms with Crippen molar-refractivity contribution in [2.24, 2.45) is 0 Å². The number of nitrogens with zero attached hydrogens (tertiary/aromatic N) is 4.